The monoisotopic (exact) mass is 365 g/mol. The third-order valence-electron chi connectivity index (χ3n) is 4.86. The molecule has 1 heterocycles. The molecular weight excluding hydrogens is 338 g/mol. The number of nitrogens with zero attached hydrogens (tertiary/aromatic N) is 1. The Morgan fingerprint density at radius 1 is 1.11 bits per heavy atom. The molecular formula is C23H27NO3. The van der Waals surface area contributed by atoms with Gasteiger partial charge in [0.2, 0.25) is 0 Å². The second-order valence-electron chi connectivity index (χ2n) is 6.87. The third-order valence-corrected chi connectivity index (χ3v) is 4.86. The summed E-state index contributed by atoms with van der Waals surface area (Å²) in [6, 6.07) is 19.5. The van der Waals surface area contributed by atoms with Gasteiger partial charge in [0.25, 0.3) is 0 Å². The molecule has 2 aromatic rings. The van der Waals surface area contributed by atoms with Gasteiger partial charge >= 0.3 is 5.97 Å². The average Bonchev–Trinajstić information content (AvgIpc) is 2.70. The Morgan fingerprint density at radius 2 is 1.70 bits per heavy atom. The van der Waals surface area contributed by atoms with Crippen LogP contribution in [0.15, 0.2) is 65.7 Å². The summed E-state index contributed by atoms with van der Waals surface area (Å²) in [5.74, 6) is -0.129. The van der Waals surface area contributed by atoms with Crippen LogP contribution in [0, 0.1) is 5.92 Å². The predicted molar refractivity (Wildman–Crippen MR) is 107 cm³/mol. The quantitative estimate of drug-likeness (QED) is 0.567. The van der Waals surface area contributed by atoms with Crippen LogP contribution in [-0.4, -0.2) is 37.0 Å². The zero-order chi connectivity index (χ0) is 19.1. The number of aliphatic imine (C=N–C) groups is 1. The maximum absolute atomic E-state index is 12.8. The van der Waals surface area contributed by atoms with Gasteiger partial charge in [-0.15, -0.1) is 0 Å². The normalized spacial score (nSPS) is 20.5. The summed E-state index contributed by atoms with van der Waals surface area (Å²) in [7, 11) is 0. The summed E-state index contributed by atoms with van der Waals surface area (Å²) >= 11 is 0. The molecule has 1 fully saturated rings. The third kappa shape index (κ3) is 5.04. The van der Waals surface area contributed by atoms with E-state index in [-0.39, 0.29) is 18.0 Å². The van der Waals surface area contributed by atoms with Gasteiger partial charge in [0, 0.05) is 17.7 Å². The number of rotatable bonds is 6. The first-order valence-electron chi connectivity index (χ1n) is 9.66. The van der Waals surface area contributed by atoms with Gasteiger partial charge in [-0.3, -0.25) is 4.99 Å². The number of carbonyl (C=O) groups is 1. The van der Waals surface area contributed by atoms with Crippen LogP contribution in [0.4, 0.5) is 0 Å². The van der Waals surface area contributed by atoms with Crippen LogP contribution in [0.25, 0.3) is 0 Å². The lowest BCUT2D eigenvalue weighted by Crippen LogP contribution is -2.37. The summed E-state index contributed by atoms with van der Waals surface area (Å²) < 4.78 is 11.0. The molecule has 3 atom stereocenters. The summed E-state index contributed by atoms with van der Waals surface area (Å²) in [6.45, 7) is 4.90. The van der Waals surface area contributed by atoms with Crippen LogP contribution >= 0.6 is 0 Å². The van der Waals surface area contributed by atoms with E-state index in [1.165, 1.54) is 0 Å². The van der Waals surface area contributed by atoms with E-state index in [0.717, 1.165) is 29.7 Å². The SMILES string of the molecule is CCOC(=O)C(N=C(c1ccccc1)c1ccccc1)[C@@H]1CCO[C@@H](C)C1. The highest BCUT2D eigenvalue weighted by Gasteiger charge is 2.33. The van der Waals surface area contributed by atoms with Gasteiger partial charge in [-0.1, -0.05) is 60.7 Å². The van der Waals surface area contributed by atoms with Gasteiger partial charge in [-0.2, -0.15) is 0 Å². The Morgan fingerprint density at radius 3 is 2.22 bits per heavy atom. The van der Waals surface area contributed by atoms with Crippen LogP contribution < -0.4 is 0 Å². The van der Waals surface area contributed by atoms with E-state index in [2.05, 4.69) is 0 Å². The molecule has 3 rings (SSSR count). The van der Waals surface area contributed by atoms with Crippen molar-refractivity contribution < 1.29 is 14.3 Å². The number of ether oxygens (including phenoxy) is 2. The zero-order valence-electron chi connectivity index (χ0n) is 16.0. The van der Waals surface area contributed by atoms with Crippen LogP contribution in [0.5, 0.6) is 0 Å². The first-order chi connectivity index (χ1) is 13.2. The predicted octanol–water partition coefficient (Wildman–Crippen LogP) is 4.27. The zero-order valence-corrected chi connectivity index (χ0v) is 16.0. The fourth-order valence-corrected chi connectivity index (χ4v) is 3.54. The largest absolute Gasteiger partial charge is 0.464 e. The lowest BCUT2D eigenvalue weighted by Gasteiger charge is -2.30. The van der Waals surface area contributed by atoms with Crippen LogP contribution in [0.2, 0.25) is 0 Å². The molecule has 142 valence electrons. The van der Waals surface area contributed by atoms with Crippen molar-refractivity contribution in [2.24, 2.45) is 10.9 Å². The average molecular weight is 365 g/mol. The van der Waals surface area contributed by atoms with Gasteiger partial charge in [-0.25, -0.2) is 4.79 Å². The molecule has 0 saturated carbocycles. The fourth-order valence-electron chi connectivity index (χ4n) is 3.54. The van der Waals surface area contributed by atoms with Crippen LogP contribution in [0.1, 0.15) is 37.8 Å². The summed E-state index contributed by atoms with van der Waals surface area (Å²) in [6.07, 6.45) is 1.76. The number of hydrogen-bond donors (Lipinski definition) is 0. The second kappa shape index (κ2) is 9.47. The molecule has 4 nitrogen and oxygen atoms in total. The van der Waals surface area contributed by atoms with Crippen molar-refractivity contribution in [2.45, 2.75) is 38.8 Å². The van der Waals surface area contributed by atoms with Crippen molar-refractivity contribution in [3.05, 3.63) is 71.8 Å². The van der Waals surface area contributed by atoms with Gasteiger partial charge in [0.05, 0.1) is 18.4 Å². The molecule has 0 amide bonds. The highest BCUT2D eigenvalue weighted by atomic mass is 16.5. The van der Waals surface area contributed by atoms with Gasteiger partial charge < -0.3 is 9.47 Å². The molecule has 0 N–H and O–H groups in total. The maximum atomic E-state index is 12.8. The number of carbonyl (C=O) groups excluding carboxylic acids is 1. The highest BCUT2D eigenvalue weighted by Crippen LogP contribution is 2.27. The molecule has 1 aliphatic rings. The van der Waals surface area contributed by atoms with E-state index in [0.29, 0.717) is 13.2 Å². The maximum Gasteiger partial charge on any atom is 0.331 e. The Hall–Kier alpha value is -2.46. The Labute approximate surface area is 161 Å². The standard InChI is InChI=1S/C23H27NO3/c1-3-26-23(25)22(20-14-15-27-17(2)16-20)24-21(18-10-6-4-7-11-18)19-12-8-5-9-13-19/h4-13,17,20,22H,3,14-16H2,1-2H3/t17-,20+,22?/m0/s1. The van der Waals surface area contributed by atoms with Crippen molar-refractivity contribution in [1.82, 2.24) is 0 Å². The molecule has 1 aliphatic heterocycles. The van der Waals surface area contributed by atoms with Crippen LogP contribution in [-0.2, 0) is 14.3 Å². The second-order valence-corrected chi connectivity index (χ2v) is 6.87. The van der Waals surface area contributed by atoms with Crippen molar-refractivity contribution in [3.8, 4) is 0 Å². The van der Waals surface area contributed by atoms with Crippen molar-refractivity contribution in [3.63, 3.8) is 0 Å². The minimum Gasteiger partial charge on any atom is -0.464 e. The first kappa shape index (κ1) is 19.3. The molecule has 0 radical (unpaired) electrons. The molecule has 27 heavy (non-hydrogen) atoms. The van der Waals surface area contributed by atoms with Crippen molar-refractivity contribution >= 4 is 11.7 Å². The van der Waals surface area contributed by atoms with Gasteiger partial charge in [0.1, 0.15) is 0 Å². The highest BCUT2D eigenvalue weighted by molar-refractivity contribution is 6.13. The number of esters is 1. The van der Waals surface area contributed by atoms with Gasteiger partial charge in [0.15, 0.2) is 6.04 Å². The Kier molecular flexibility index (Phi) is 6.77. The smallest absolute Gasteiger partial charge is 0.331 e. The Bertz CT molecular complexity index is 716. The van der Waals surface area contributed by atoms with E-state index < -0.39 is 6.04 Å². The molecule has 0 aliphatic carbocycles. The van der Waals surface area contributed by atoms with E-state index >= 15 is 0 Å². The van der Waals surface area contributed by atoms with Crippen LogP contribution in [0.3, 0.4) is 0 Å². The molecule has 4 heteroatoms. The molecule has 0 spiro atoms. The van der Waals surface area contributed by atoms with Crippen molar-refractivity contribution in [2.75, 3.05) is 13.2 Å². The van der Waals surface area contributed by atoms with E-state index in [4.69, 9.17) is 14.5 Å². The summed E-state index contributed by atoms with van der Waals surface area (Å²) in [4.78, 5) is 17.8. The lowest BCUT2D eigenvalue weighted by atomic mass is 9.88. The van der Waals surface area contributed by atoms with E-state index in [1.54, 1.807) is 0 Å². The lowest BCUT2D eigenvalue weighted by molar-refractivity contribution is -0.147. The molecule has 0 bridgehead atoms. The Balaban J connectivity index is 2.03. The molecule has 1 unspecified atom stereocenters. The minimum atomic E-state index is -0.522. The number of benzene rings is 2. The molecule has 1 saturated heterocycles. The first-order valence-corrected chi connectivity index (χ1v) is 9.66. The summed E-state index contributed by atoms with van der Waals surface area (Å²) in [5, 5.41) is 0. The molecule has 2 aromatic carbocycles. The minimum absolute atomic E-state index is 0.121. The topological polar surface area (TPSA) is 47.9 Å². The molecule has 0 aromatic heterocycles. The van der Waals surface area contributed by atoms with E-state index in [1.807, 2.05) is 74.5 Å². The number of hydrogen-bond acceptors (Lipinski definition) is 4. The van der Waals surface area contributed by atoms with Gasteiger partial charge in [-0.05, 0) is 32.6 Å². The fraction of sp³-hybridized carbons (Fsp3) is 0.391. The van der Waals surface area contributed by atoms with Crippen molar-refractivity contribution in [1.29, 1.82) is 0 Å². The summed E-state index contributed by atoms with van der Waals surface area (Å²) in [5.41, 5.74) is 2.82. The van der Waals surface area contributed by atoms with E-state index in [9.17, 15) is 4.79 Å².